The smallest absolute Gasteiger partial charge is 0.333 e. The summed E-state index contributed by atoms with van der Waals surface area (Å²) in [4.78, 5) is 43.4. The summed E-state index contributed by atoms with van der Waals surface area (Å²) in [6.07, 6.45) is -2.51. The summed E-state index contributed by atoms with van der Waals surface area (Å²) in [5, 5.41) is 2.15. The zero-order valence-electron chi connectivity index (χ0n) is 17.1. The Morgan fingerprint density at radius 1 is 1.12 bits per heavy atom. The van der Waals surface area contributed by atoms with Gasteiger partial charge in [-0.1, -0.05) is 18.2 Å². The Morgan fingerprint density at radius 2 is 1.88 bits per heavy atom. The van der Waals surface area contributed by atoms with Crippen molar-refractivity contribution < 1.29 is 27.6 Å². The third kappa shape index (κ3) is 4.74. The molecular weight excluding hydrogens is 425 g/mol. The average molecular weight is 446 g/mol. The Balaban J connectivity index is 1.45. The van der Waals surface area contributed by atoms with Gasteiger partial charge >= 0.3 is 12.2 Å². The number of urea groups is 1. The van der Waals surface area contributed by atoms with Crippen molar-refractivity contribution in [2.45, 2.75) is 31.5 Å². The summed E-state index contributed by atoms with van der Waals surface area (Å²) in [5.74, 6) is -0.689. The van der Waals surface area contributed by atoms with Gasteiger partial charge in [-0.15, -0.1) is 0 Å². The van der Waals surface area contributed by atoms with Crippen LogP contribution in [0.1, 0.15) is 41.4 Å². The lowest BCUT2D eigenvalue weighted by molar-refractivity contribution is -0.137. The van der Waals surface area contributed by atoms with Gasteiger partial charge in [-0.05, 0) is 42.7 Å². The molecule has 1 atom stereocenters. The van der Waals surface area contributed by atoms with E-state index in [4.69, 9.17) is 0 Å². The molecule has 1 aromatic heterocycles. The first-order chi connectivity index (χ1) is 15.2. The molecule has 0 bridgehead atoms. The Bertz CT molecular complexity index is 1040. The first kappa shape index (κ1) is 21.8. The molecule has 10 heteroatoms. The number of benzene rings is 1. The van der Waals surface area contributed by atoms with Gasteiger partial charge in [-0.3, -0.25) is 19.9 Å². The van der Waals surface area contributed by atoms with Crippen LogP contribution < -0.4 is 5.32 Å². The van der Waals surface area contributed by atoms with E-state index in [1.54, 1.807) is 11.0 Å². The molecule has 32 heavy (non-hydrogen) atoms. The highest BCUT2D eigenvalue weighted by atomic mass is 19.4. The van der Waals surface area contributed by atoms with Crippen LogP contribution in [0.2, 0.25) is 0 Å². The van der Waals surface area contributed by atoms with Crippen LogP contribution in [0.4, 0.5) is 18.0 Å². The second kappa shape index (κ2) is 8.60. The van der Waals surface area contributed by atoms with Crippen LogP contribution in [0.15, 0.2) is 42.5 Å². The Hall–Kier alpha value is -3.43. The molecule has 168 valence electrons. The van der Waals surface area contributed by atoms with E-state index >= 15 is 0 Å². The molecular formula is C22H21F3N4O3. The van der Waals surface area contributed by atoms with E-state index in [1.165, 1.54) is 17.0 Å². The summed E-state index contributed by atoms with van der Waals surface area (Å²) in [6, 6.07) is 9.57. The molecule has 2 fully saturated rings. The predicted molar refractivity (Wildman–Crippen MR) is 107 cm³/mol. The Kier molecular flexibility index (Phi) is 5.86. The lowest BCUT2D eigenvalue weighted by Crippen LogP contribution is -2.41. The third-order valence-electron chi connectivity index (χ3n) is 5.60. The molecule has 3 heterocycles. The zero-order chi connectivity index (χ0) is 22.9. The molecule has 4 amide bonds. The summed E-state index contributed by atoms with van der Waals surface area (Å²) in [6.45, 7) is 0.209. The maximum Gasteiger partial charge on any atom is 0.416 e. The summed E-state index contributed by atoms with van der Waals surface area (Å²) >= 11 is 0. The number of amides is 4. The van der Waals surface area contributed by atoms with Gasteiger partial charge in [0.1, 0.15) is 13.1 Å². The first-order valence-corrected chi connectivity index (χ1v) is 10.2. The fourth-order valence-corrected chi connectivity index (χ4v) is 4.04. The normalized spacial score (nSPS) is 18.9. The lowest BCUT2D eigenvalue weighted by atomic mass is 10.1. The highest BCUT2D eigenvalue weighted by Crippen LogP contribution is 2.32. The molecule has 4 rings (SSSR count). The number of carbonyl (C=O) groups excluding carboxylic acids is 3. The van der Waals surface area contributed by atoms with E-state index in [-0.39, 0.29) is 25.0 Å². The minimum Gasteiger partial charge on any atom is -0.333 e. The Morgan fingerprint density at radius 3 is 2.53 bits per heavy atom. The zero-order valence-corrected chi connectivity index (χ0v) is 17.1. The van der Waals surface area contributed by atoms with Crippen LogP contribution in [0.5, 0.6) is 0 Å². The molecule has 2 aliphatic heterocycles. The molecule has 0 saturated carbocycles. The number of carbonyl (C=O) groups is 3. The number of pyridine rings is 1. The number of nitrogens with one attached hydrogen (secondary N) is 1. The second-order valence-electron chi connectivity index (χ2n) is 7.88. The largest absolute Gasteiger partial charge is 0.416 e. The number of rotatable bonds is 5. The van der Waals surface area contributed by atoms with Crippen molar-refractivity contribution in [3.63, 3.8) is 0 Å². The van der Waals surface area contributed by atoms with Gasteiger partial charge in [0.15, 0.2) is 0 Å². The van der Waals surface area contributed by atoms with Gasteiger partial charge in [-0.2, -0.15) is 13.2 Å². The molecule has 1 N–H and O–H groups in total. The average Bonchev–Trinajstić information content (AvgIpc) is 3.34. The standard InChI is InChI=1S/C22H21F3N4O3/c23-22(24,25)15-8-6-14(7-9-15)11-16-3-1-4-17(26-16)18-5-2-10-29(18)20(31)13-28-12-19(30)27-21(28)32/h1,3-4,6-9,18H,2,5,10-13H2,(H,27,30,32)/t18-/m0/s1. The van der Waals surface area contributed by atoms with E-state index in [0.717, 1.165) is 18.6 Å². The number of imide groups is 1. The third-order valence-corrected chi connectivity index (χ3v) is 5.60. The summed E-state index contributed by atoms with van der Waals surface area (Å²) < 4.78 is 38.3. The summed E-state index contributed by atoms with van der Waals surface area (Å²) in [7, 11) is 0. The Labute approximate surface area is 182 Å². The maximum absolute atomic E-state index is 12.8. The van der Waals surface area contributed by atoms with E-state index < -0.39 is 23.7 Å². The van der Waals surface area contributed by atoms with Crippen molar-refractivity contribution in [2.24, 2.45) is 0 Å². The second-order valence-corrected chi connectivity index (χ2v) is 7.88. The SMILES string of the molecule is O=C1CN(CC(=O)N2CCC[C@H]2c2cccc(Cc3ccc(C(F)(F)F)cc3)n2)C(=O)N1. The fraction of sp³-hybridized carbons (Fsp3) is 0.364. The first-order valence-electron chi connectivity index (χ1n) is 10.2. The number of nitrogens with zero attached hydrogens (tertiary/aromatic N) is 3. The molecule has 0 unspecified atom stereocenters. The number of hydrogen-bond donors (Lipinski definition) is 1. The molecule has 0 spiro atoms. The van der Waals surface area contributed by atoms with Gasteiger partial charge in [0, 0.05) is 18.7 Å². The maximum atomic E-state index is 12.8. The van der Waals surface area contributed by atoms with E-state index in [0.29, 0.717) is 36.3 Å². The molecule has 2 aliphatic rings. The van der Waals surface area contributed by atoms with Crippen molar-refractivity contribution in [3.8, 4) is 0 Å². The van der Waals surface area contributed by atoms with Crippen LogP contribution in [-0.4, -0.2) is 52.3 Å². The van der Waals surface area contributed by atoms with Crippen molar-refractivity contribution in [3.05, 3.63) is 65.0 Å². The van der Waals surface area contributed by atoms with Gasteiger partial charge < -0.3 is 9.80 Å². The monoisotopic (exact) mass is 446 g/mol. The molecule has 2 aromatic rings. The number of alkyl halides is 3. The number of halogens is 3. The molecule has 0 radical (unpaired) electrons. The van der Waals surface area contributed by atoms with Crippen LogP contribution in [0.3, 0.4) is 0 Å². The quantitative estimate of drug-likeness (QED) is 0.716. The molecule has 1 aromatic carbocycles. The van der Waals surface area contributed by atoms with Crippen molar-refractivity contribution in [2.75, 3.05) is 19.6 Å². The highest BCUT2D eigenvalue weighted by Gasteiger charge is 2.35. The van der Waals surface area contributed by atoms with Gasteiger partial charge in [-0.25, -0.2) is 4.79 Å². The minimum atomic E-state index is -4.38. The van der Waals surface area contributed by atoms with E-state index in [2.05, 4.69) is 10.3 Å². The van der Waals surface area contributed by atoms with Gasteiger partial charge in [0.2, 0.25) is 11.8 Å². The van der Waals surface area contributed by atoms with E-state index in [1.807, 2.05) is 12.1 Å². The summed E-state index contributed by atoms with van der Waals surface area (Å²) in [5.41, 5.74) is 1.39. The van der Waals surface area contributed by atoms with Crippen LogP contribution >= 0.6 is 0 Å². The van der Waals surface area contributed by atoms with Crippen LogP contribution in [-0.2, 0) is 22.2 Å². The number of likely N-dealkylation sites (tertiary alicyclic amines) is 1. The lowest BCUT2D eigenvalue weighted by Gasteiger charge is -2.26. The fourth-order valence-electron chi connectivity index (χ4n) is 4.04. The molecule has 7 nitrogen and oxygen atoms in total. The van der Waals surface area contributed by atoms with Crippen LogP contribution in [0, 0.1) is 0 Å². The topological polar surface area (TPSA) is 82.6 Å². The number of hydrogen-bond acceptors (Lipinski definition) is 4. The minimum absolute atomic E-state index is 0.135. The van der Waals surface area contributed by atoms with E-state index in [9.17, 15) is 27.6 Å². The van der Waals surface area contributed by atoms with Crippen LogP contribution in [0.25, 0.3) is 0 Å². The van der Waals surface area contributed by atoms with Gasteiger partial charge in [0.05, 0.1) is 17.3 Å². The molecule has 0 aliphatic carbocycles. The van der Waals surface area contributed by atoms with Crippen molar-refractivity contribution in [1.82, 2.24) is 20.1 Å². The van der Waals surface area contributed by atoms with Gasteiger partial charge in [0.25, 0.3) is 0 Å². The predicted octanol–water partition coefficient (Wildman–Crippen LogP) is 2.91. The molecule has 2 saturated heterocycles. The van der Waals surface area contributed by atoms with Crippen molar-refractivity contribution >= 4 is 17.8 Å². The number of aromatic nitrogens is 1. The highest BCUT2D eigenvalue weighted by molar-refractivity contribution is 6.03. The van der Waals surface area contributed by atoms with Crippen molar-refractivity contribution in [1.29, 1.82) is 0 Å².